The number of aromatic nitrogens is 1. The minimum atomic E-state index is -0.595. The van der Waals surface area contributed by atoms with Gasteiger partial charge in [-0.1, -0.05) is 6.92 Å². The zero-order valence-corrected chi connectivity index (χ0v) is 10.2. The van der Waals surface area contributed by atoms with Crippen molar-refractivity contribution in [1.82, 2.24) is 4.57 Å². The van der Waals surface area contributed by atoms with E-state index in [0.717, 1.165) is 29.3 Å². The van der Waals surface area contributed by atoms with Crippen molar-refractivity contribution in [2.45, 2.75) is 19.9 Å². The first-order valence-electron chi connectivity index (χ1n) is 5.73. The number of carbonyl (C=O) groups excluding carboxylic acids is 1. The Labute approximate surface area is 104 Å². The van der Waals surface area contributed by atoms with E-state index in [9.17, 15) is 14.0 Å². The number of ether oxygens (including phenoxy) is 2. The molecule has 0 N–H and O–H groups in total. The number of halogens is 1. The van der Waals surface area contributed by atoms with Crippen LogP contribution in [0.15, 0.2) is 23.1 Å². The molecule has 0 atom stereocenters. The highest BCUT2D eigenvalue weighted by molar-refractivity contribution is 5.69. The van der Waals surface area contributed by atoms with Gasteiger partial charge in [-0.25, -0.2) is 4.39 Å². The van der Waals surface area contributed by atoms with E-state index in [4.69, 9.17) is 9.47 Å². The molecule has 0 radical (unpaired) electrons. The SMILES string of the molecule is CCCOCCOC(=O)Cn1cc(F)ccc1=O. The summed E-state index contributed by atoms with van der Waals surface area (Å²) in [6, 6.07) is 2.11. The van der Waals surface area contributed by atoms with Crippen LogP contribution in [0.1, 0.15) is 13.3 Å². The first kappa shape index (κ1) is 14.4. The van der Waals surface area contributed by atoms with Gasteiger partial charge in [0.1, 0.15) is 19.0 Å². The van der Waals surface area contributed by atoms with Crippen molar-refractivity contribution < 1.29 is 18.7 Å². The molecule has 0 unspecified atom stereocenters. The van der Waals surface area contributed by atoms with Crippen molar-refractivity contribution in [2.75, 3.05) is 19.8 Å². The second kappa shape index (κ2) is 7.60. The number of pyridine rings is 1. The second-order valence-electron chi connectivity index (χ2n) is 3.65. The van der Waals surface area contributed by atoms with Gasteiger partial charge in [0.25, 0.3) is 5.56 Å². The van der Waals surface area contributed by atoms with E-state index in [2.05, 4.69) is 0 Å². The lowest BCUT2D eigenvalue weighted by molar-refractivity contribution is -0.146. The van der Waals surface area contributed by atoms with E-state index < -0.39 is 17.3 Å². The maximum atomic E-state index is 12.9. The lowest BCUT2D eigenvalue weighted by Crippen LogP contribution is -2.25. The van der Waals surface area contributed by atoms with Crippen molar-refractivity contribution in [3.05, 3.63) is 34.5 Å². The van der Waals surface area contributed by atoms with Crippen LogP contribution in [0, 0.1) is 5.82 Å². The van der Waals surface area contributed by atoms with Crippen molar-refractivity contribution in [3.8, 4) is 0 Å². The van der Waals surface area contributed by atoms with Crippen LogP contribution < -0.4 is 5.56 Å². The molecule has 0 saturated carbocycles. The van der Waals surface area contributed by atoms with E-state index in [-0.39, 0.29) is 13.2 Å². The average molecular weight is 257 g/mol. The summed E-state index contributed by atoms with van der Waals surface area (Å²) in [6.07, 6.45) is 1.86. The van der Waals surface area contributed by atoms with E-state index in [0.29, 0.717) is 13.2 Å². The number of esters is 1. The molecule has 1 aromatic rings. The Balaban J connectivity index is 2.35. The van der Waals surface area contributed by atoms with Crippen LogP contribution >= 0.6 is 0 Å². The normalized spacial score (nSPS) is 10.3. The summed E-state index contributed by atoms with van der Waals surface area (Å²) in [4.78, 5) is 22.6. The average Bonchev–Trinajstić information content (AvgIpc) is 2.33. The van der Waals surface area contributed by atoms with Gasteiger partial charge in [-0.2, -0.15) is 0 Å². The van der Waals surface area contributed by atoms with Crippen LogP contribution in [0.2, 0.25) is 0 Å². The van der Waals surface area contributed by atoms with E-state index in [1.807, 2.05) is 6.92 Å². The number of hydrogen-bond donors (Lipinski definition) is 0. The Morgan fingerprint density at radius 2 is 2.11 bits per heavy atom. The fraction of sp³-hybridized carbons (Fsp3) is 0.500. The van der Waals surface area contributed by atoms with Crippen molar-refractivity contribution in [2.24, 2.45) is 0 Å². The molecular weight excluding hydrogens is 241 g/mol. The molecule has 0 aromatic carbocycles. The predicted octanol–water partition coefficient (Wildman–Crippen LogP) is 0.957. The molecular formula is C12H16FNO4. The van der Waals surface area contributed by atoms with Crippen LogP contribution in [0.3, 0.4) is 0 Å². The molecule has 0 saturated heterocycles. The first-order chi connectivity index (χ1) is 8.63. The third-order valence-electron chi connectivity index (χ3n) is 2.09. The molecule has 1 rings (SSSR count). The van der Waals surface area contributed by atoms with Gasteiger partial charge in [-0.15, -0.1) is 0 Å². The number of nitrogens with zero attached hydrogens (tertiary/aromatic N) is 1. The highest BCUT2D eigenvalue weighted by atomic mass is 19.1. The maximum Gasteiger partial charge on any atom is 0.326 e. The molecule has 18 heavy (non-hydrogen) atoms. The smallest absolute Gasteiger partial charge is 0.326 e. The van der Waals surface area contributed by atoms with Gasteiger partial charge in [-0.3, -0.25) is 9.59 Å². The summed E-state index contributed by atoms with van der Waals surface area (Å²) < 4.78 is 23.8. The van der Waals surface area contributed by atoms with E-state index >= 15 is 0 Å². The van der Waals surface area contributed by atoms with Crippen LogP contribution in [0.5, 0.6) is 0 Å². The third kappa shape index (κ3) is 5.09. The standard InChI is InChI=1S/C12H16FNO4/c1-2-5-17-6-7-18-12(16)9-14-8-10(13)3-4-11(14)15/h3-4,8H,2,5-7,9H2,1H3. The number of carbonyl (C=O) groups is 1. The summed E-state index contributed by atoms with van der Waals surface area (Å²) in [5.74, 6) is -1.17. The predicted molar refractivity (Wildman–Crippen MR) is 62.7 cm³/mol. The Morgan fingerprint density at radius 1 is 1.33 bits per heavy atom. The van der Waals surface area contributed by atoms with Crippen molar-refractivity contribution >= 4 is 5.97 Å². The Kier molecular flexibility index (Phi) is 6.07. The molecule has 100 valence electrons. The zero-order valence-electron chi connectivity index (χ0n) is 10.2. The fourth-order valence-electron chi connectivity index (χ4n) is 1.27. The maximum absolute atomic E-state index is 12.9. The molecule has 0 bridgehead atoms. The van der Waals surface area contributed by atoms with Crippen molar-refractivity contribution in [1.29, 1.82) is 0 Å². The molecule has 0 fully saturated rings. The van der Waals surface area contributed by atoms with Gasteiger partial charge in [0.15, 0.2) is 0 Å². The van der Waals surface area contributed by atoms with Gasteiger partial charge >= 0.3 is 5.97 Å². The van der Waals surface area contributed by atoms with Crippen LogP contribution in [0.4, 0.5) is 4.39 Å². The summed E-state index contributed by atoms with van der Waals surface area (Å²) in [5, 5.41) is 0. The Hall–Kier alpha value is -1.69. The van der Waals surface area contributed by atoms with Gasteiger partial charge in [0.2, 0.25) is 0 Å². The summed E-state index contributed by atoms with van der Waals surface area (Å²) in [7, 11) is 0. The summed E-state index contributed by atoms with van der Waals surface area (Å²) in [5.41, 5.74) is -0.449. The quantitative estimate of drug-likeness (QED) is 0.539. The van der Waals surface area contributed by atoms with Gasteiger partial charge in [-0.05, 0) is 12.5 Å². The molecule has 1 aromatic heterocycles. The molecule has 0 aliphatic carbocycles. The Bertz CT molecular complexity index is 444. The van der Waals surface area contributed by atoms with E-state index in [1.165, 1.54) is 0 Å². The van der Waals surface area contributed by atoms with Crippen molar-refractivity contribution in [3.63, 3.8) is 0 Å². The van der Waals surface area contributed by atoms with E-state index in [1.54, 1.807) is 0 Å². The number of hydrogen-bond acceptors (Lipinski definition) is 4. The monoisotopic (exact) mass is 257 g/mol. The fourth-order valence-corrected chi connectivity index (χ4v) is 1.27. The molecule has 0 aliphatic rings. The largest absolute Gasteiger partial charge is 0.462 e. The minimum absolute atomic E-state index is 0.128. The highest BCUT2D eigenvalue weighted by Crippen LogP contribution is 1.93. The van der Waals surface area contributed by atoms with Gasteiger partial charge in [0, 0.05) is 18.9 Å². The van der Waals surface area contributed by atoms with Crippen LogP contribution in [0.25, 0.3) is 0 Å². The molecule has 0 aliphatic heterocycles. The lowest BCUT2D eigenvalue weighted by atomic mass is 10.4. The molecule has 5 nitrogen and oxygen atoms in total. The third-order valence-corrected chi connectivity index (χ3v) is 2.09. The first-order valence-corrected chi connectivity index (χ1v) is 5.73. The molecule has 0 spiro atoms. The molecule has 6 heteroatoms. The topological polar surface area (TPSA) is 57.5 Å². The zero-order chi connectivity index (χ0) is 13.4. The Morgan fingerprint density at radius 3 is 2.83 bits per heavy atom. The second-order valence-corrected chi connectivity index (χ2v) is 3.65. The summed E-state index contributed by atoms with van der Waals surface area (Å²) >= 11 is 0. The van der Waals surface area contributed by atoms with Crippen LogP contribution in [-0.4, -0.2) is 30.4 Å². The molecule has 1 heterocycles. The lowest BCUT2D eigenvalue weighted by Gasteiger charge is -2.07. The van der Waals surface area contributed by atoms with Gasteiger partial charge < -0.3 is 14.0 Å². The number of rotatable bonds is 7. The van der Waals surface area contributed by atoms with Gasteiger partial charge in [0.05, 0.1) is 6.61 Å². The molecule has 0 amide bonds. The highest BCUT2D eigenvalue weighted by Gasteiger charge is 2.06. The summed E-state index contributed by atoms with van der Waals surface area (Å²) in [6.45, 7) is 2.73. The minimum Gasteiger partial charge on any atom is -0.462 e. The van der Waals surface area contributed by atoms with Crippen LogP contribution in [-0.2, 0) is 20.8 Å².